The van der Waals surface area contributed by atoms with Crippen molar-refractivity contribution in [2.45, 2.75) is 19.4 Å². The summed E-state index contributed by atoms with van der Waals surface area (Å²) in [5.41, 5.74) is 2.46. The summed E-state index contributed by atoms with van der Waals surface area (Å²) in [7, 11) is 0. The van der Waals surface area contributed by atoms with E-state index in [0.717, 1.165) is 11.3 Å². The van der Waals surface area contributed by atoms with Gasteiger partial charge in [-0.2, -0.15) is 5.10 Å². The number of hydrogen-bond donors (Lipinski definition) is 1. The Labute approximate surface area is 168 Å². The molecule has 0 atom stereocenters. The summed E-state index contributed by atoms with van der Waals surface area (Å²) in [5.74, 6) is -0.0343. The lowest BCUT2D eigenvalue weighted by atomic mass is 9.95. The molecule has 2 aromatic heterocycles. The first-order chi connectivity index (χ1) is 14.2. The fourth-order valence-corrected chi connectivity index (χ4v) is 3.46. The third kappa shape index (κ3) is 4.48. The topological polar surface area (TPSA) is 93.0 Å². The van der Waals surface area contributed by atoms with Crippen molar-refractivity contribution >= 4 is 11.8 Å². The third-order valence-electron chi connectivity index (χ3n) is 5.14. The Balaban J connectivity index is 1.28. The van der Waals surface area contributed by atoms with Crippen molar-refractivity contribution in [3.05, 3.63) is 72.6 Å². The molecule has 1 saturated heterocycles. The van der Waals surface area contributed by atoms with Gasteiger partial charge in [-0.3, -0.25) is 14.6 Å². The van der Waals surface area contributed by atoms with Crippen LogP contribution in [0.1, 0.15) is 28.8 Å². The highest BCUT2D eigenvalue weighted by Crippen LogP contribution is 2.20. The van der Waals surface area contributed by atoms with E-state index >= 15 is 0 Å². The van der Waals surface area contributed by atoms with Crippen molar-refractivity contribution in [2.24, 2.45) is 5.92 Å². The van der Waals surface area contributed by atoms with Gasteiger partial charge in [0.25, 0.3) is 5.91 Å². The van der Waals surface area contributed by atoms with E-state index in [-0.39, 0.29) is 17.7 Å². The lowest BCUT2D eigenvalue weighted by Crippen LogP contribution is -2.42. The molecule has 1 fully saturated rings. The minimum atomic E-state index is -0.0644. The van der Waals surface area contributed by atoms with Gasteiger partial charge in [-0.05, 0) is 48.7 Å². The molecule has 2 amide bonds. The fraction of sp³-hybridized carbons (Fsp3) is 0.286. The van der Waals surface area contributed by atoms with Crippen LogP contribution in [0.2, 0.25) is 0 Å². The van der Waals surface area contributed by atoms with Crippen molar-refractivity contribution in [3.8, 4) is 5.69 Å². The molecule has 0 unspecified atom stereocenters. The fourth-order valence-electron chi connectivity index (χ4n) is 3.46. The van der Waals surface area contributed by atoms with Crippen LogP contribution in [0.3, 0.4) is 0 Å². The number of nitrogens with zero attached hydrogens (tertiary/aromatic N) is 5. The SMILES string of the molecule is O=C(NCc1cccnc1)C1CCN(C(=O)c2ccc(-n3cncn3)cc2)CC1. The van der Waals surface area contributed by atoms with E-state index in [9.17, 15) is 9.59 Å². The van der Waals surface area contributed by atoms with Crippen LogP contribution in [0.4, 0.5) is 0 Å². The van der Waals surface area contributed by atoms with E-state index in [1.807, 2.05) is 29.2 Å². The van der Waals surface area contributed by atoms with Gasteiger partial charge in [0.2, 0.25) is 5.91 Å². The molecule has 0 radical (unpaired) electrons. The normalized spacial score (nSPS) is 14.6. The Morgan fingerprint density at radius 3 is 2.52 bits per heavy atom. The van der Waals surface area contributed by atoms with Gasteiger partial charge in [-0.15, -0.1) is 0 Å². The summed E-state index contributed by atoms with van der Waals surface area (Å²) in [4.78, 5) is 35.0. The lowest BCUT2D eigenvalue weighted by Gasteiger charge is -2.31. The molecular weight excluding hydrogens is 368 g/mol. The van der Waals surface area contributed by atoms with Crippen molar-refractivity contribution in [2.75, 3.05) is 13.1 Å². The first kappa shape index (κ1) is 18.8. The maximum Gasteiger partial charge on any atom is 0.253 e. The maximum absolute atomic E-state index is 12.8. The molecule has 1 aliphatic rings. The van der Waals surface area contributed by atoms with Gasteiger partial charge < -0.3 is 10.2 Å². The minimum absolute atomic E-state index is 0.00985. The molecule has 3 heterocycles. The maximum atomic E-state index is 12.8. The Morgan fingerprint density at radius 2 is 1.86 bits per heavy atom. The van der Waals surface area contributed by atoms with Crippen LogP contribution >= 0.6 is 0 Å². The molecule has 0 bridgehead atoms. The molecule has 8 heteroatoms. The number of rotatable bonds is 5. The number of amides is 2. The second-order valence-electron chi connectivity index (χ2n) is 7.03. The van der Waals surface area contributed by atoms with E-state index in [4.69, 9.17) is 0 Å². The highest BCUT2D eigenvalue weighted by atomic mass is 16.2. The molecule has 148 valence electrons. The molecular formula is C21H22N6O2. The molecule has 8 nitrogen and oxygen atoms in total. The Morgan fingerprint density at radius 1 is 1.07 bits per heavy atom. The quantitative estimate of drug-likeness (QED) is 0.717. The molecule has 1 aliphatic heterocycles. The van der Waals surface area contributed by atoms with Crippen molar-refractivity contribution in [1.82, 2.24) is 30.0 Å². The predicted octanol–water partition coefficient (Wildman–Crippen LogP) is 1.83. The smallest absolute Gasteiger partial charge is 0.253 e. The van der Waals surface area contributed by atoms with Gasteiger partial charge in [-0.25, -0.2) is 9.67 Å². The largest absolute Gasteiger partial charge is 0.352 e. The monoisotopic (exact) mass is 390 g/mol. The molecule has 3 aromatic rings. The van der Waals surface area contributed by atoms with E-state index < -0.39 is 0 Å². The van der Waals surface area contributed by atoms with Gasteiger partial charge in [-0.1, -0.05) is 6.07 Å². The Kier molecular flexibility index (Phi) is 5.60. The number of likely N-dealkylation sites (tertiary alicyclic amines) is 1. The second-order valence-corrected chi connectivity index (χ2v) is 7.03. The highest BCUT2D eigenvalue weighted by Gasteiger charge is 2.27. The Bertz CT molecular complexity index is 949. The molecule has 1 N–H and O–H groups in total. The van der Waals surface area contributed by atoms with Crippen LogP contribution in [0.5, 0.6) is 0 Å². The van der Waals surface area contributed by atoms with Gasteiger partial charge in [0.15, 0.2) is 0 Å². The average molecular weight is 390 g/mol. The summed E-state index contributed by atoms with van der Waals surface area (Å²) in [6.45, 7) is 1.63. The van der Waals surface area contributed by atoms with Gasteiger partial charge >= 0.3 is 0 Å². The Hall–Kier alpha value is -3.55. The van der Waals surface area contributed by atoms with Crippen LogP contribution in [-0.2, 0) is 11.3 Å². The highest BCUT2D eigenvalue weighted by molar-refractivity contribution is 5.94. The molecule has 0 aliphatic carbocycles. The molecule has 0 spiro atoms. The van der Waals surface area contributed by atoms with E-state index in [0.29, 0.717) is 38.0 Å². The number of pyridine rings is 1. The summed E-state index contributed by atoms with van der Waals surface area (Å²) < 4.78 is 1.64. The molecule has 29 heavy (non-hydrogen) atoms. The number of carbonyl (C=O) groups excluding carboxylic acids is 2. The lowest BCUT2D eigenvalue weighted by molar-refractivity contribution is -0.126. The standard InChI is InChI=1S/C21H22N6O2/c28-20(24-13-16-2-1-9-22-12-16)17-7-10-26(11-8-17)21(29)18-3-5-19(6-4-18)27-15-23-14-25-27/h1-6,9,12,14-15,17H,7-8,10-11,13H2,(H,24,28). The van der Waals surface area contributed by atoms with Crippen LogP contribution in [0, 0.1) is 5.92 Å². The van der Waals surface area contributed by atoms with E-state index in [2.05, 4.69) is 20.4 Å². The first-order valence-electron chi connectivity index (χ1n) is 9.61. The van der Waals surface area contributed by atoms with Crippen LogP contribution in [-0.4, -0.2) is 49.6 Å². The summed E-state index contributed by atoms with van der Waals surface area (Å²) in [6, 6.07) is 11.1. The zero-order valence-electron chi connectivity index (χ0n) is 15.9. The molecule has 0 saturated carbocycles. The van der Waals surface area contributed by atoms with Crippen molar-refractivity contribution < 1.29 is 9.59 Å². The molecule has 4 rings (SSSR count). The summed E-state index contributed by atoms with van der Waals surface area (Å²) in [6.07, 6.45) is 7.87. The van der Waals surface area contributed by atoms with Crippen LogP contribution in [0.25, 0.3) is 5.69 Å². The van der Waals surface area contributed by atoms with Crippen molar-refractivity contribution in [3.63, 3.8) is 0 Å². The zero-order chi connectivity index (χ0) is 20.1. The van der Waals surface area contributed by atoms with Gasteiger partial charge in [0.05, 0.1) is 5.69 Å². The summed E-state index contributed by atoms with van der Waals surface area (Å²) in [5, 5.41) is 7.05. The second kappa shape index (κ2) is 8.64. The van der Waals surface area contributed by atoms with Crippen LogP contribution in [0.15, 0.2) is 61.4 Å². The predicted molar refractivity (Wildman–Crippen MR) is 106 cm³/mol. The number of benzene rings is 1. The number of nitrogens with one attached hydrogen (secondary N) is 1. The molecule has 1 aromatic carbocycles. The van der Waals surface area contributed by atoms with Crippen LogP contribution < -0.4 is 5.32 Å². The van der Waals surface area contributed by atoms with Crippen molar-refractivity contribution in [1.29, 1.82) is 0 Å². The first-order valence-corrected chi connectivity index (χ1v) is 9.61. The van der Waals surface area contributed by atoms with E-state index in [1.165, 1.54) is 6.33 Å². The third-order valence-corrected chi connectivity index (χ3v) is 5.14. The number of piperidine rings is 1. The van der Waals surface area contributed by atoms with E-state index in [1.54, 1.807) is 35.5 Å². The van der Waals surface area contributed by atoms with Gasteiger partial charge in [0.1, 0.15) is 12.7 Å². The number of aromatic nitrogens is 4. The van der Waals surface area contributed by atoms with Gasteiger partial charge in [0, 0.05) is 43.5 Å². The summed E-state index contributed by atoms with van der Waals surface area (Å²) >= 11 is 0. The number of carbonyl (C=O) groups is 2. The number of hydrogen-bond acceptors (Lipinski definition) is 5. The zero-order valence-corrected chi connectivity index (χ0v) is 15.9. The average Bonchev–Trinajstić information content (AvgIpc) is 3.33. The minimum Gasteiger partial charge on any atom is -0.352 e.